The molecule has 0 aliphatic heterocycles. The second-order valence-corrected chi connectivity index (χ2v) is 5.21. The van der Waals surface area contributed by atoms with Crippen LogP contribution in [0.1, 0.15) is 55.8 Å². The number of thiazole rings is 1. The van der Waals surface area contributed by atoms with E-state index in [0.29, 0.717) is 0 Å². The van der Waals surface area contributed by atoms with Crippen LogP contribution < -0.4 is 5.73 Å². The van der Waals surface area contributed by atoms with Crippen molar-refractivity contribution in [3.05, 3.63) is 16.1 Å². The van der Waals surface area contributed by atoms with Crippen molar-refractivity contribution < 1.29 is 0 Å². The average molecular weight is 210 g/mol. The molecule has 1 heterocycles. The first-order chi connectivity index (χ1) is 6.72. The highest BCUT2D eigenvalue weighted by Crippen LogP contribution is 2.48. The zero-order chi connectivity index (χ0) is 10.1. The van der Waals surface area contributed by atoms with Crippen LogP contribution in [-0.4, -0.2) is 4.98 Å². The van der Waals surface area contributed by atoms with Crippen LogP contribution in [0.5, 0.6) is 0 Å². The van der Waals surface area contributed by atoms with E-state index in [0.717, 1.165) is 30.4 Å². The standard InChI is InChI=1S/C11H18N2S/c1-3-4-9(12)10-6-14-11(13-10)8-5-7(8)2/h6-9H,3-5,12H2,1-2H3. The van der Waals surface area contributed by atoms with Crippen molar-refractivity contribution in [1.82, 2.24) is 4.98 Å². The van der Waals surface area contributed by atoms with E-state index < -0.39 is 0 Å². The van der Waals surface area contributed by atoms with Crippen molar-refractivity contribution in [2.45, 2.75) is 45.1 Å². The summed E-state index contributed by atoms with van der Waals surface area (Å²) in [4.78, 5) is 4.63. The first kappa shape index (κ1) is 10.1. The minimum absolute atomic E-state index is 0.152. The number of hydrogen-bond acceptors (Lipinski definition) is 3. The molecular formula is C11H18N2S. The van der Waals surface area contributed by atoms with E-state index in [1.54, 1.807) is 11.3 Å². The number of rotatable bonds is 4. The fraction of sp³-hybridized carbons (Fsp3) is 0.727. The van der Waals surface area contributed by atoms with Crippen LogP contribution in [0.2, 0.25) is 0 Å². The third kappa shape index (κ3) is 1.98. The van der Waals surface area contributed by atoms with Gasteiger partial charge in [-0.15, -0.1) is 11.3 Å². The van der Waals surface area contributed by atoms with Crippen molar-refractivity contribution in [3.8, 4) is 0 Å². The molecule has 2 rings (SSSR count). The fourth-order valence-electron chi connectivity index (χ4n) is 1.77. The molecule has 3 atom stereocenters. The van der Waals surface area contributed by atoms with Gasteiger partial charge in [-0.2, -0.15) is 0 Å². The fourth-order valence-corrected chi connectivity index (χ4v) is 2.90. The van der Waals surface area contributed by atoms with E-state index in [9.17, 15) is 0 Å². The van der Waals surface area contributed by atoms with E-state index in [4.69, 9.17) is 5.73 Å². The van der Waals surface area contributed by atoms with Crippen molar-refractivity contribution in [3.63, 3.8) is 0 Å². The molecule has 0 radical (unpaired) electrons. The summed E-state index contributed by atoms with van der Waals surface area (Å²) in [5.41, 5.74) is 7.12. The molecular weight excluding hydrogens is 192 g/mol. The summed E-state index contributed by atoms with van der Waals surface area (Å²) < 4.78 is 0. The summed E-state index contributed by atoms with van der Waals surface area (Å²) in [6.07, 6.45) is 3.49. The third-order valence-electron chi connectivity index (χ3n) is 2.95. The van der Waals surface area contributed by atoms with Gasteiger partial charge in [-0.25, -0.2) is 4.98 Å². The SMILES string of the molecule is CCCC(N)c1csc(C2CC2C)n1. The van der Waals surface area contributed by atoms with Crippen molar-refractivity contribution in [2.75, 3.05) is 0 Å². The minimum Gasteiger partial charge on any atom is -0.323 e. The van der Waals surface area contributed by atoms with Gasteiger partial charge in [0.15, 0.2) is 0 Å². The first-order valence-corrected chi connectivity index (χ1v) is 6.31. The molecule has 3 unspecified atom stereocenters. The van der Waals surface area contributed by atoms with Crippen LogP contribution in [0.3, 0.4) is 0 Å². The molecule has 1 saturated carbocycles. The van der Waals surface area contributed by atoms with Crippen LogP contribution in [0, 0.1) is 5.92 Å². The molecule has 78 valence electrons. The van der Waals surface area contributed by atoms with E-state index in [2.05, 4.69) is 24.2 Å². The highest BCUT2D eigenvalue weighted by Gasteiger charge is 2.36. The Morgan fingerprint density at radius 2 is 2.43 bits per heavy atom. The summed E-state index contributed by atoms with van der Waals surface area (Å²) in [5.74, 6) is 1.58. The maximum absolute atomic E-state index is 6.02. The van der Waals surface area contributed by atoms with Crippen molar-refractivity contribution >= 4 is 11.3 Å². The van der Waals surface area contributed by atoms with Gasteiger partial charge in [0.05, 0.1) is 10.7 Å². The van der Waals surface area contributed by atoms with Crippen LogP contribution >= 0.6 is 11.3 Å². The maximum Gasteiger partial charge on any atom is 0.0962 e. The molecule has 0 aromatic carbocycles. The smallest absolute Gasteiger partial charge is 0.0962 e. The highest BCUT2D eigenvalue weighted by atomic mass is 32.1. The summed E-state index contributed by atoms with van der Waals surface area (Å²) >= 11 is 1.79. The predicted molar refractivity (Wildman–Crippen MR) is 60.5 cm³/mol. The van der Waals surface area contributed by atoms with Gasteiger partial charge in [-0.1, -0.05) is 20.3 Å². The van der Waals surface area contributed by atoms with Gasteiger partial charge in [0, 0.05) is 17.3 Å². The molecule has 2 N–H and O–H groups in total. The minimum atomic E-state index is 0.152. The molecule has 0 bridgehead atoms. The molecule has 2 nitrogen and oxygen atoms in total. The number of nitrogens with zero attached hydrogens (tertiary/aromatic N) is 1. The number of aromatic nitrogens is 1. The summed E-state index contributed by atoms with van der Waals surface area (Å²) in [5, 5.41) is 3.44. The lowest BCUT2D eigenvalue weighted by atomic mass is 10.1. The summed E-state index contributed by atoms with van der Waals surface area (Å²) in [6, 6.07) is 0.152. The summed E-state index contributed by atoms with van der Waals surface area (Å²) in [7, 11) is 0. The molecule has 1 aliphatic rings. The zero-order valence-electron chi connectivity index (χ0n) is 8.86. The Kier molecular flexibility index (Phi) is 2.88. The monoisotopic (exact) mass is 210 g/mol. The highest BCUT2D eigenvalue weighted by molar-refractivity contribution is 7.09. The lowest BCUT2D eigenvalue weighted by molar-refractivity contribution is 0.623. The molecule has 0 spiro atoms. The Balaban J connectivity index is 2.02. The Morgan fingerprint density at radius 3 is 3.00 bits per heavy atom. The molecule has 1 aliphatic carbocycles. The second kappa shape index (κ2) is 3.99. The Bertz CT molecular complexity index is 308. The van der Waals surface area contributed by atoms with Crippen LogP contribution in [0.4, 0.5) is 0 Å². The number of nitrogens with two attached hydrogens (primary N) is 1. The second-order valence-electron chi connectivity index (χ2n) is 4.33. The maximum atomic E-state index is 6.02. The Hall–Kier alpha value is -0.410. The van der Waals surface area contributed by atoms with Crippen molar-refractivity contribution in [2.24, 2.45) is 11.7 Å². The van der Waals surface area contributed by atoms with Gasteiger partial charge in [0.1, 0.15) is 0 Å². The largest absolute Gasteiger partial charge is 0.323 e. The van der Waals surface area contributed by atoms with Crippen LogP contribution in [0.25, 0.3) is 0 Å². The predicted octanol–water partition coefficient (Wildman–Crippen LogP) is 3.07. The van der Waals surface area contributed by atoms with E-state index >= 15 is 0 Å². The molecule has 1 aromatic rings. The van der Waals surface area contributed by atoms with Gasteiger partial charge in [0.2, 0.25) is 0 Å². The first-order valence-electron chi connectivity index (χ1n) is 5.43. The van der Waals surface area contributed by atoms with E-state index in [1.165, 1.54) is 11.4 Å². The topological polar surface area (TPSA) is 38.9 Å². The molecule has 1 aromatic heterocycles. The van der Waals surface area contributed by atoms with E-state index in [1.807, 2.05) is 0 Å². The third-order valence-corrected chi connectivity index (χ3v) is 3.94. The van der Waals surface area contributed by atoms with Gasteiger partial charge < -0.3 is 5.73 Å². The van der Waals surface area contributed by atoms with Gasteiger partial charge in [0.25, 0.3) is 0 Å². The normalized spacial score (nSPS) is 27.6. The average Bonchev–Trinajstić information content (AvgIpc) is 2.70. The Labute approximate surface area is 89.5 Å². The van der Waals surface area contributed by atoms with Crippen LogP contribution in [0.15, 0.2) is 5.38 Å². The number of hydrogen-bond donors (Lipinski definition) is 1. The lowest BCUT2D eigenvalue weighted by Crippen LogP contribution is -2.10. The van der Waals surface area contributed by atoms with Crippen LogP contribution in [-0.2, 0) is 0 Å². The lowest BCUT2D eigenvalue weighted by Gasteiger charge is -2.05. The molecule has 3 heteroatoms. The van der Waals surface area contributed by atoms with E-state index in [-0.39, 0.29) is 6.04 Å². The quantitative estimate of drug-likeness (QED) is 0.829. The van der Waals surface area contributed by atoms with Gasteiger partial charge in [-0.05, 0) is 18.8 Å². The van der Waals surface area contributed by atoms with Gasteiger partial charge in [-0.3, -0.25) is 0 Å². The zero-order valence-corrected chi connectivity index (χ0v) is 9.68. The van der Waals surface area contributed by atoms with Crippen molar-refractivity contribution in [1.29, 1.82) is 0 Å². The molecule has 1 fully saturated rings. The molecule has 14 heavy (non-hydrogen) atoms. The summed E-state index contributed by atoms with van der Waals surface area (Å²) in [6.45, 7) is 4.45. The Morgan fingerprint density at radius 1 is 1.71 bits per heavy atom. The molecule has 0 amide bonds. The van der Waals surface area contributed by atoms with Gasteiger partial charge >= 0.3 is 0 Å². The molecule has 0 saturated heterocycles.